The van der Waals surface area contributed by atoms with Crippen molar-refractivity contribution in [3.8, 4) is 0 Å². The lowest BCUT2D eigenvalue weighted by atomic mass is 10.0. The van der Waals surface area contributed by atoms with Gasteiger partial charge in [0.1, 0.15) is 11.9 Å². The number of hydrogen-bond acceptors (Lipinski definition) is 3. The maximum absolute atomic E-state index is 13.6. The number of para-hydroxylation sites is 1. The predicted octanol–water partition coefficient (Wildman–Crippen LogP) is 3.28. The molecule has 1 aromatic carbocycles. The number of amides is 2. The summed E-state index contributed by atoms with van der Waals surface area (Å²) in [6.07, 6.45) is 0. The first-order valence-electron chi connectivity index (χ1n) is 6.89. The highest BCUT2D eigenvalue weighted by atomic mass is 32.1. The first kappa shape index (κ1) is 16.2. The second-order valence-electron chi connectivity index (χ2n) is 5.14. The fourth-order valence-corrected chi connectivity index (χ4v) is 2.55. The summed E-state index contributed by atoms with van der Waals surface area (Å²) in [6, 6.07) is 8.64. The van der Waals surface area contributed by atoms with Crippen LogP contribution >= 0.6 is 11.3 Å². The summed E-state index contributed by atoms with van der Waals surface area (Å²) >= 11 is 1.30. The molecule has 0 fully saturated rings. The van der Waals surface area contributed by atoms with Gasteiger partial charge in [0.2, 0.25) is 5.91 Å². The van der Waals surface area contributed by atoms with E-state index in [1.807, 2.05) is 13.8 Å². The first-order valence-corrected chi connectivity index (χ1v) is 7.76. The maximum atomic E-state index is 13.6. The number of carbonyl (C=O) groups excluding carboxylic acids is 2. The average Bonchev–Trinajstić information content (AvgIpc) is 3.00. The molecular weight excluding hydrogens is 303 g/mol. The van der Waals surface area contributed by atoms with E-state index in [9.17, 15) is 14.0 Å². The minimum absolute atomic E-state index is 0.100. The topological polar surface area (TPSA) is 58.2 Å². The summed E-state index contributed by atoms with van der Waals surface area (Å²) < 4.78 is 13.6. The van der Waals surface area contributed by atoms with Gasteiger partial charge in [-0.05, 0) is 29.5 Å². The quantitative estimate of drug-likeness (QED) is 0.888. The van der Waals surface area contributed by atoms with Crippen molar-refractivity contribution in [2.24, 2.45) is 5.92 Å². The van der Waals surface area contributed by atoms with E-state index in [2.05, 4.69) is 10.6 Å². The zero-order valence-corrected chi connectivity index (χ0v) is 13.1. The minimum atomic E-state index is -0.741. The third-order valence-electron chi connectivity index (χ3n) is 3.11. The van der Waals surface area contributed by atoms with Crippen molar-refractivity contribution < 1.29 is 14.0 Å². The Morgan fingerprint density at radius 2 is 1.86 bits per heavy atom. The second-order valence-corrected chi connectivity index (χ2v) is 6.09. The number of nitrogens with one attached hydrogen (secondary N) is 2. The van der Waals surface area contributed by atoms with E-state index < -0.39 is 17.8 Å². The standard InChI is InChI=1S/C16H17FN2O2S/c1-10(2)14(19-15(20)13-8-5-9-22-13)16(21)18-12-7-4-3-6-11(12)17/h3-10,14H,1-2H3,(H,18,21)(H,19,20). The van der Waals surface area contributed by atoms with Crippen LogP contribution in [-0.2, 0) is 4.79 Å². The van der Waals surface area contributed by atoms with E-state index in [-0.39, 0.29) is 17.5 Å². The molecule has 0 bridgehead atoms. The van der Waals surface area contributed by atoms with Crippen LogP contribution in [0.25, 0.3) is 0 Å². The van der Waals surface area contributed by atoms with Gasteiger partial charge in [-0.2, -0.15) is 0 Å². The maximum Gasteiger partial charge on any atom is 0.262 e. The number of anilines is 1. The van der Waals surface area contributed by atoms with E-state index >= 15 is 0 Å². The molecule has 0 saturated heterocycles. The van der Waals surface area contributed by atoms with Gasteiger partial charge in [-0.15, -0.1) is 11.3 Å². The van der Waals surface area contributed by atoms with Gasteiger partial charge in [0.15, 0.2) is 0 Å². The van der Waals surface area contributed by atoms with Crippen molar-refractivity contribution in [3.05, 3.63) is 52.5 Å². The van der Waals surface area contributed by atoms with E-state index in [4.69, 9.17) is 0 Å². The third kappa shape index (κ3) is 3.92. The van der Waals surface area contributed by atoms with Crippen molar-refractivity contribution in [1.82, 2.24) is 5.32 Å². The predicted molar refractivity (Wildman–Crippen MR) is 85.4 cm³/mol. The Morgan fingerprint density at radius 1 is 1.14 bits per heavy atom. The molecule has 0 saturated carbocycles. The third-order valence-corrected chi connectivity index (χ3v) is 3.98. The van der Waals surface area contributed by atoms with Gasteiger partial charge < -0.3 is 10.6 Å². The van der Waals surface area contributed by atoms with E-state index in [1.165, 1.54) is 23.5 Å². The monoisotopic (exact) mass is 320 g/mol. The molecule has 4 nitrogen and oxygen atoms in total. The highest BCUT2D eigenvalue weighted by molar-refractivity contribution is 7.12. The van der Waals surface area contributed by atoms with Gasteiger partial charge in [-0.3, -0.25) is 9.59 Å². The van der Waals surface area contributed by atoms with Crippen molar-refractivity contribution in [2.75, 3.05) is 5.32 Å². The number of rotatable bonds is 5. The number of thiophene rings is 1. The Kier molecular flexibility index (Phi) is 5.27. The summed E-state index contributed by atoms with van der Waals surface area (Å²) in [7, 11) is 0. The molecule has 2 N–H and O–H groups in total. The largest absolute Gasteiger partial charge is 0.339 e. The van der Waals surface area contributed by atoms with Crippen LogP contribution in [0.1, 0.15) is 23.5 Å². The van der Waals surface area contributed by atoms with Crippen molar-refractivity contribution in [2.45, 2.75) is 19.9 Å². The highest BCUT2D eigenvalue weighted by Crippen LogP contribution is 2.15. The van der Waals surface area contributed by atoms with Gasteiger partial charge >= 0.3 is 0 Å². The van der Waals surface area contributed by atoms with Crippen LogP contribution < -0.4 is 10.6 Å². The van der Waals surface area contributed by atoms with Gasteiger partial charge in [-0.25, -0.2) is 4.39 Å². The highest BCUT2D eigenvalue weighted by Gasteiger charge is 2.25. The molecular formula is C16H17FN2O2S. The zero-order valence-electron chi connectivity index (χ0n) is 12.3. The van der Waals surface area contributed by atoms with Crippen LogP contribution in [0.3, 0.4) is 0 Å². The Balaban J connectivity index is 2.09. The van der Waals surface area contributed by atoms with Crippen LogP contribution in [0.15, 0.2) is 41.8 Å². The van der Waals surface area contributed by atoms with Crippen LogP contribution in [0.2, 0.25) is 0 Å². The molecule has 2 rings (SSSR count). The average molecular weight is 320 g/mol. The molecule has 22 heavy (non-hydrogen) atoms. The summed E-state index contributed by atoms with van der Waals surface area (Å²) in [6.45, 7) is 3.64. The van der Waals surface area contributed by atoms with E-state index in [1.54, 1.807) is 29.6 Å². The van der Waals surface area contributed by atoms with Gasteiger partial charge in [-0.1, -0.05) is 32.0 Å². The number of hydrogen-bond donors (Lipinski definition) is 2. The lowest BCUT2D eigenvalue weighted by molar-refractivity contribution is -0.118. The lowest BCUT2D eigenvalue weighted by Crippen LogP contribution is -2.47. The molecule has 2 amide bonds. The summed E-state index contributed by atoms with van der Waals surface area (Å²) in [5, 5.41) is 7.00. The van der Waals surface area contributed by atoms with Gasteiger partial charge in [0, 0.05) is 0 Å². The van der Waals surface area contributed by atoms with Crippen LogP contribution in [0, 0.1) is 11.7 Å². The molecule has 0 aliphatic rings. The molecule has 1 unspecified atom stereocenters. The van der Waals surface area contributed by atoms with Crippen LogP contribution in [-0.4, -0.2) is 17.9 Å². The normalized spacial score (nSPS) is 12.0. The second kappa shape index (κ2) is 7.17. The smallest absolute Gasteiger partial charge is 0.262 e. The van der Waals surface area contributed by atoms with Gasteiger partial charge in [0.25, 0.3) is 5.91 Å². The number of benzene rings is 1. The Morgan fingerprint density at radius 3 is 2.45 bits per heavy atom. The first-order chi connectivity index (χ1) is 10.5. The van der Waals surface area contributed by atoms with Gasteiger partial charge in [0.05, 0.1) is 10.6 Å². The molecule has 0 radical (unpaired) electrons. The number of halogens is 1. The Hall–Kier alpha value is -2.21. The molecule has 0 spiro atoms. The van der Waals surface area contributed by atoms with E-state index in [0.717, 1.165) is 0 Å². The molecule has 116 valence electrons. The SMILES string of the molecule is CC(C)C(NC(=O)c1cccs1)C(=O)Nc1ccccc1F. The van der Waals surface area contributed by atoms with E-state index in [0.29, 0.717) is 4.88 Å². The van der Waals surface area contributed by atoms with Crippen molar-refractivity contribution in [1.29, 1.82) is 0 Å². The summed E-state index contributed by atoms with van der Waals surface area (Å²) in [5.41, 5.74) is 0.100. The zero-order chi connectivity index (χ0) is 16.1. The molecule has 0 aliphatic heterocycles. The fourth-order valence-electron chi connectivity index (χ4n) is 1.93. The lowest BCUT2D eigenvalue weighted by Gasteiger charge is -2.21. The molecule has 6 heteroatoms. The minimum Gasteiger partial charge on any atom is -0.339 e. The molecule has 1 aromatic heterocycles. The number of carbonyl (C=O) groups is 2. The molecule has 2 aromatic rings. The van der Waals surface area contributed by atoms with Crippen molar-refractivity contribution >= 4 is 28.8 Å². The van der Waals surface area contributed by atoms with Crippen LogP contribution in [0.5, 0.6) is 0 Å². The van der Waals surface area contributed by atoms with Crippen LogP contribution in [0.4, 0.5) is 10.1 Å². The molecule has 0 aliphatic carbocycles. The summed E-state index contributed by atoms with van der Waals surface area (Å²) in [5.74, 6) is -1.39. The Bertz CT molecular complexity index is 656. The molecule has 1 heterocycles. The molecule has 1 atom stereocenters. The van der Waals surface area contributed by atoms with Crippen molar-refractivity contribution in [3.63, 3.8) is 0 Å². The summed E-state index contributed by atoms with van der Waals surface area (Å²) in [4.78, 5) is 24.9. The fraction of sp³-hybridized carbons (Fsp3) is 0.250. The Labute approximate surface area is 132 Å².